The number of nitrogens with one attached hydrogen (secondary N) is 2. The molecule has 0 spiro atoms. The molecule has 136 valence electrons. The lowest BCUT2D eigenvalue weighted by Gasteiger charge is -2.30. The van der Waals surface area contributed by atoms with Gasteiger partial charge in [-0.15, -0.1) is 0 Å². The van der Waals surface area contributed by atoms with Crippen LogP contribution in [0.1, 0.15) is 23.2 Å². The van der Waals surface area contributed by atoms with Crippen molar-refractivity contribution >= 4 is 11.6 Å². The van der Waals surface area contributed by atoms with E-state index in [1.807, 2.05) is 7.05 Å². The van der Waals surface area contributed by atoms with E-state index in [1.165, 1.54) is 0 Å². The Balaban J connectivity index is 1.62. The van der Waals surface area contributed by atoms with Crippen LogP contribution in [0.25, 0.3) is 0 Å². The summed E-state index contributed by atoms with van der Waals surface area (Å²) in [5.41, 5.74) is 3.04. The number of halogens is 3. The van der Waals surface area contributed by atoms with E-state index >= 15 is 0 Å². The maximum Gasteiger partial charge on any atom is 0.453 e. The van der Waals surface area contributed by atoms with Crippen LogP contribution in [0, 0.1) is 0 Å². The van der Waals surface area contributed by atoms with E-state index in [4.69, 9.17) is 0 Å². The number of allylic oxidation sites excluding steroid dienone is 1. The van der Waals surface area contributed by atoms with Crippen molar-refractivity contribution in [1.29, 1.82) is 0 Å². The summed E-state index contributed by atoms with van der Waals surface area (Å²) in [5, 5.41) is 4.08. The molecule has 1 atom stereocenters. The molecule has 1 fully saturated rings. The minimum Gasteiger partial charge on any atom is -0.382 e. The first-order valence-electron chi connectivity index (χ1n) is 7.93. The third-order valence-corrected chi connectivity index (χ3v) is 4.15. The quantitative estimate of drug-likeness (QED) is 0.869. The molecule has 0 bridgehead atoms. The van der Waals surface area contributed by atoms with Crippen molar-refractivity contribution in [3.8, 4) is 0 Å². The number of hydrazine groups is 1. The van der Waals surface area contributed by atoms with Gasteiger partial charge < -0.3 is 15.1 Å². The zero-order chi connectivity index (χ0) is 18.0. The van der Waals surface area contributed by atoms with Crippen molar-refractivity contribution < 1.29 is 22.8 Å². The van der Waals surface area contributed by atoms with Crippen LogP contribution in [0.5, 0.6) is 0 Å². The molecule has 1 unspecified atom stereocenters. The lowest BCUT2D eigenvalue weighted by atomic mass is 10.1. The van der Waals surface area contributed by atoms with Crippen LogP contribution in [0.4, 0.5) is 18.9 Å². The summed E-state index contributed by atoms with van der Waals surface area (Å²) < 4.78 is 37.7. The number of benzene rings is 1. The average molecular weight is 356 g/mol. The van der Waals surface area contributed by atoms with E-state index in [-0.39, 0.29) is 11.9 Å². The molecule has 6 nitrogen and oxygen atoms in total. The molecule has 9 heteroatoms. The van der Waals surface area contributed by atoms with E-state index in [9.17, 15) is 18.0 Å². The molecule has 0 aromatic heterocycles. The van der Waals surface area contributed by atoms with Gasteiger partial charge in [0.2, 0.25) is 5.76 Å². The zero-order valence-corrected chi connectivity index (χ0v) is 13.6. The Labute approximate surface area is 143 Å². The molecule has 2 N–H and O–H groups in total. The van der Waals surface area contributed by atoms with Gasteiger partial charge >= 0.3 is 6.18 Å². The highest BCUT2D eigenvalue weighted by Crippen LogP contribution is 2.30. The van der Waals surface area contributed by atoms with E-state index < -0.39 is 11.9 Å². The van der Waals surface area contributed by atoms with Gasteiger partial charge in [0, 0.05) is 18.2 Å². The van der Waals surface area contributed by atoms with Crippen molar-refractivity contribution in [1.82, 2.24) is 15.8 Å². The van der Waals surface area contributed by atoms with Crippen LogP contribution >= 0.6 is 0 Å². The number of likely N-dealkylation sites (N-methyl/N-ethyl adjacent to an activating group) is 1. The summed E-state index contributed by atoms with van der Waals surface area (Å²) in [7, 11) is 2.01. The lowest BCUT2D eigenvalue weighted by molar-refractivity contribution is -0.136. The smallest absolute Gasteiger partial charge is 0.382 e. The first-order valence-corrected chi connectivity index (χ1v) is 7.93. The number of rotatable bonds is 3. The van der Waals surface area contributed by atoms with Gasteiger partial charge in [-0.25, -0.2) is 5.01 Å². The Morgan fingerprint density at radius 2 is 2.04 bits per heavy atom. The van der Waals surface area contributed by atoms with Crippen molar-refractivity contribution in [2.45, 2.75) is 25.1 Å². The van der Waals surface area contributed by atoms with Crippen LogP contribution in [0.3, 0.4) is 0 Å². The van der Waals surface area contributed by atoms with E-state index in [0.717, 1.165) is 37.1 Å². The summed E-state index contributed by atoms with van der Waals surface area (Å²) in [6.07, 6.45) is -1.77. The van der Waals surface area contributed by atoms with Crippen molar-refractivity contribution in [3.63, 3.8) is 0 Å². The molecule has 1 aromatic carbocycles. The minimum absolute atomic E-state index is 0.108. The Kier molecular flexibility index (Phi) is 4.87. The van der Waals surface area contributed by atoms with Gasteiger partial charge in [-0.1, -0.05) is 5.59 Å². The largest absolute Gasteiger partial charge is 0.453 e. The molecule has 0 radical (unpaired) electrons. The Bertz CT molecular complexity index is 660. The normalized spacial score (nSPS) is 21.7. The Morgan fingerprint density at radius 3 is 2.64 bits per heavy atom. The molecule has 25 heavy (non-hydrogen) atoms. The van der Waals surface area contributed by atoms with Gasteiger partial charge in [-0.3, -0.25) is 4.79 Å². The number of carbonyl (C=O) groups is 1. The summed E-state index contributed by atoms with van der Waals surface area (Å²) in [6, 6.07) is 6.34. The summed E-state index contributed by atoms with van der Waals surface area (Å²) in [6.45, 7) is 1.84. The Morgan fingerprint density at radius 1 is 1.32 bits per heavy atom. The number of alkyl halides is 3. The summed E-state index contributed by atoms with van der Waals surface area (Å²) in [5.74, 6) is -1.32. The minimum atomic E-state index is -4.56. The first kappa shape index (κ1) is 17.6. The van der Waals surface area contributed by atoms with Gasteiger partial charge in [0.1, 0.15) is 0 Å². The number of carbonyl (C=O) groups excluding carboxylic acids is 1. The third kappa shape index (κ3) is 4.23. The second kappa shape index (κ2) is 6.93. The number of hydrogen-bond acceptors (Lipinski definition) is 5. The first-order chi connectivity index (χ1) is 11.8. The second-order valence-corrected chi connectivity index (χ2v) is 6.18. The second-order valence-electron chi connectivity index (χ2n) is 6.18. The van der Waals surface area contributed by atoms with Crippen LogP contribution in [-0.4, -0.2) is 43.2 Å². The molecular weight excluding hydrogens is 337 g/mol. The van der Waals surface area contributed by atoms with Gasteiger partial charge in [0.15, 0.2) is 0 Å². The van der Waals surface area contributed by atoms with Gasteiger partial charge in [0.05, 0.1) is 11.9 Å². The van der Waals surface area contributed by atoms with E-state index in [1.54, 1.807) is 24.3 Å². The fraction of sp³-hybridized carbons (Fsp3) is 0.438. The van der Waals surface area contributed by atoms with Crippen LogP contribution in [0.2, 0.25) is 0 Å². The third-order valence-electron chi connectivity index (χ3n) is 4.15. The lowest BCUT2D eigenvalue weighted by Crippen LogP contribution is -2.46. The van der Waals surface area contributed by atoms with E-state index in [2.05, 4.69) is 20.6 Å². The van der Waals surface area contributed by atoms with Crippen LogP contribution < -0.4 is 15.9 Å². The highest BCUT2D eigenvalue weighted by atomic mass is 19.4. The topological polar surface area (TPSA) is 56.8 Å². The number of amides is 1. The molecule has 1 amide bonds. The van der Waals surface area contributed by atoms with Gasteiger partial charge in [-0.2, -0.15) is 13.2 Å². The molecule has 3 rings (SSSR count). The SMILES string of the molecule is CN1CCCC(NC(=O)c2ccc(N3C=C(C(F)(F)F)ON3)cc2)C1. The predicted molar refractivity (Wildman–Crippen MR) is 85.3 cm³/mol. The summed E-state index contributed by atoms with van der Waals surface area (Å²) in [4.78, 5) is 18.9. The van der Waals surface area contributed by atoms with E-state index in [0.29, 0.717) is 11.3 Å². The average Bonchev–Trinajstić information content (AvgIpc) is 3.05. The monoisotopic (exact) mass is 356 g/mol. The maximum absolute atomic E-state index is 12.6. The number of anilines is 1. The molecule has 0 aliphatic carbocycles. The van der Waals surface area contributed by atoms with Gasteiger partial charge in [0.25, 0.3) is 5.91 Å². The molecule has 0 saturated carbocycles. The van der Waals surface area contributed by atoms with Crippen LogP contribution in [0.15, 0.2) is 36.2 Å². The number of likely N-dealkylation sites (tertiary alicyclic amines) is 1. The predicted octanol–water partition coefficient (Wildman–Crippen LogP) is 2.17. The Hall–Kier alpha value is -2.26. The number of hydrogen-bond donors (Lipinski definition) is 2. The molecule has 1 saturated heterocycles. The molecular formula is C16H19F3N4O2. The fourth-order valence-corrected chi connectivity index (χ4v) is 2.85. The van der Waals surface area contributed by atoms with Crippen molar-refractivity contribution in [2.75, 3.05) is 25.1 Å². The molecule has 2 aliphatic rings. The highest BCUT2D eigenvalue weighted by molar-refractivity contribution is 5.94. The molecule has 2 heterocycles. The molecule has 1 aromatic rings. The van der Waals surface area contributed by atoms with Crippen molar-refractivity contribution in [3.05, 3.63) is 41.8 Å². The van der Waals surface area contributed by atoms with Gasteiger partial charge in [-0.05, 0) is 50.7 Å². The fourth-order valence-electron chi connectivity index (χ4n) is 2.85. The molecule has 2 aliphatic heterocycles. The standard InChI is InChI=1S/C16H19F3N4O2/c1-22-8-2-3-12(9-22)20-15(24)11-4-6-13(7-5-11)23-10-14(25-21-23)16(17,18)19/h4-7,10,12,21H,2-3,8-9H2,1H3,(H,20,24). The number of nitrogens with zero attached hydrogens (tertiary/aromatic N) is 2. The zero-order valence-electron chi connectivity index (χ0n) is 13.6. The maximum atomic E-state index is 12.6. The highest BCUT2D eigenvalue weighted by Gasteiger charge is 2.40. The van der Waals surface area contributed by atoms with Crippen LogP contribution in [-0.2, 0) is 4.84 Å². The number of piperidine rings is 1. The summed E-state index contributed by atoms with van der Waals surface area (Å²) >= 11 is 0. The van der Waals surface area contributed by atoms with Crippen molar-refractivity contribution in [2.24, 2.45) is 0 Å².